The van der Waals surface area contributed by atoms with Gasteiger partial charge in [0, 0.05) is 22.8 Å². The normalized spacial score (nSPS) is 15.6. The summed E-state index contributed by atoms with van der Waals surface area (Å²) in [6.45, 7) is 2.00. The summed E-state index contributed by atoms with van der Waals surface area (Å²) in [5.74, 6) is -0.270. The lowest BCUT2D eigenvalue weighted by Crippen LogP contribution is -2.27. The second-order valence-corrected chi connectivity index (χ2v) is 6.30. The molecule has 0 spiro atoms. The summed E-state index contributed by atoms with van der Waals surface area (Å²) < 4.78 is 13.3. The molecule has 0 atom stereocenters. The first-order valence-corrected chi connectivity index (χ1v) is 7.74. The van der Waals surface area contributed by atoms with E-state index < -0.39 is 5.41 Å². The van der Waals surface area contributed by atoms with Crippen molar-refractivity contribution in [1.82, 2.24) is 4.98 Å². The number of fused-ring (bicyclic) bond motifs is 1. The highest BCUT2D eigenvalue weighted by Crippen LogP contribution is 2.51. The number of halogens is 1. The average Bonchev–Trinajstić information content (AvgIpc) is 3.22. The van der Waals surface area contributed by atoms with Crippen molar-refractivity contribution in [1.29, 1.82) is 0 Å². The minimum absolute atomic E-state index is 0.00771. The van der Waals surface area contributed by atoms with Crippen LogP contribution < -0.4 is 5.32 Å². The van der Waals surface area contributed by atoms with Gasteiger partial charge in [0.05, 0.1) is 5.41 Å². The molecule has 1 amide bonds. The fraction of sp³-hybridized carbons (Fsp3) is 0.211. The number of aromatic nitrogens is 1. The number of aryl methyl sites for hydroxylation is 1. The van der Waals surface area contributed by atoms with Gasteiger partial charge in [0.15, 0.2) is 0 Å². The van der Waals surface area contributed by atoms with Crippen molar-refractivity contribution in [3.8, 4) is 0 Å². The predicted molar refractivity (Wildman–Crippen MR) is 89.0 cm³/mol. The highest BCUT2D eigenvalue weighted by molar-refractivity contribution is 6.04. The molecule has 4 heteroatoms. The zero-order chi connectivity index (χ0) is 16.0. The number of carbonyl (C=O) groups excluding carboxylic acids is 1. The molecule has 1 aliphatic carbocycles. The maximum absolute atomic E-state index is 13.3. The third kappa shape index (κ3) is 2.31. The smallest absolute Gasteiger partial charge is 0.235 e. The Bertz CT molecular complexity index is 909. The van der Waals surface area contributed by atoms with Gasteiger partial charge in [0.25, 0.3) is 0 Å². The largest absolute Gasteiger partial charge is 0.361 e. The molecule has 1 fully saturated rings. The van der Waals surface area contributed by atoms with Crippen LogP contribution in [0.25, 0.3) is 10.9 Å². The van der Waals surface area contributed by atoms with Gasteiger partial charge in [-0.3, -0.25) is 4.79 Å². The highest BCUT2D eigenvalue weighted by atomic mass is 19.1. The van der Waals surface area contributed by atoms with Gasteiger partial charge in [0.1, 0.15) is 5.82 Å². The number of nitrogens with one attached hydrogen (secondary N) is 2. The maximum Gasteiger partial charge on any atom is 0.235 e. The van der Waals surface area contributed by atoms with Gasteiger partial charge in [-0.25, -0.2) is 4.39 Å². The number of rotatable bonds is 3. The molecular weight excluding hydrogens is 291 g/mol. The van der Waals surface area contributed by atoms with Crippen LogP contribution in [-0.2, 0) is 10.2 Å². The zero-order valence-electron chi connectivity index (χ0n) is 12.8. The zero-order valence-corrected chi connectivity index (χ0v) is 12.8. The van der Waals surface area contributed by atoms with Crippen molar-refractivity contribution in [3.05, 3.63) is 65.6 Å². The number of hydrogen-bond donors (Lipinski definition) is 2. The van der Waals surface area contributed by atoms with E-state index in [1.165, 1.54) is 12.1 Å². The summed E-state index contributed by atoms with van der Waals surface area (Å²) in [5.41, 5.74) is 3.11. The second-order valence-electron chi connectivity index (χ2n) is 6.30. The summed E-state index contributed by atoms with van der Waals surface area (Å²) in [4.78, 5) is 15.9. The molecule has 116 valence electrons. The van der Waals surface area contributed by atoms with Gasteiger partial charge in [0.2, 0.25) is 5.91 Å². The van der Waals surface area contributed by atoms with Gasteiger partial charge >= 0.3 is 0 Å². The van der Waals surface area contributed by atoms with Gasteiger partial charge in [-0.1, -0.05) is 12.1 Å². The Morgan fingerprint density at radius 1 is 1.22 bits per heavy atom. The molecule has 2 N–H and O–H groups in total. The molecule has 2 aromatic carbocycles. The van der Waals surface area contributed by atoms with Crippen LogP contribution in [-0.4, -0.2) is 10.9 Å². The van der Waals surface area contributed by atoms with Crippen molar-refractivity contribution in [3.63, 3.8) is 0 Å². The van der Waals surface area contributed by atoms with E-state index in [9.17, 15) is 9.18 Å². The van der Waals surface area contributed by atoms with Crippen LogP contribution in [0.2, 0.25) is 0 Å². The van der Waals surface area contributed by atoms with E-state index in [-0.39, 0.29) is 11.7 Å². The Hall–Kier alpha value is -2.62. The topological polar surface area (TPSA) is 44.9 Å². The molecule has 0 bridgehead atoms. The van der Waals surface area contributed by atoms with Crippen LogP contribution >= 0.6 is 0 Å². The van der Waals surface area contributed by atoms with E-state index in [0.717, 1.165) is 40.6 Å². The monoisotopic (exact) mass is 308 g/mol. The van der Waals surface area contributed by atoms with Crippen molar-refractivity contribution < 1.29 is 9.18 Å². The van der Waals surface area contributed by atoms with Gasteiger partial charge in [-0.2, -0.15) is 0 Å². The van der Waals surface area contributed by atoms with Crippen molar-refractivity contribution >= 4 is 22.5 Å². The van der Waals surface area contributed by atoms with Gasteiger partial charge in [-0.05, 0) is 61.2 Å². The number of aromatic amines is 1. The maximum atomic E-state index is 13.3. The van der Waals surface area contributed by atoms with Crippen LogP contribution in [0.4, 0.5) is 10.1 Å². The fourth-order valence-electron chi connectivity index (χ4n) is 3.21. The van der Waals surface area contributed by atoms with Crippen LogP contribution in [0.3, 0.4) is 0 Å². The molecule has 1 saturated carbocycles. The molecule has 1 heterocycles. The summed E-state index contributed by atoms with van der Waals surface area (Å²) >= 11 is 0. The molecule has 3 nitrogen and oxygen atoms in total. The number of hydrogen-bond acceptors (Lipinski definition) is 1. The standard InChI is InChI=1S/C19H17FN2O/c1-12-3-2-4-14(9-12)22-18(23)19(7-8-19)16-11-21-17-10-13(20)5-6-15(16)17/h2-6,9-11,21H,7-8H2,1H3,(H,22,23). The van der Waals surface area contributed by atoms with Gasteiger partial charge in [-0.15, -0.1) is 0 Å². The molecule has 4 rings (SSSR count). The Balaban J connectivity index is 1.68. The second kappa shape index (κ2) is 4.95. The molecule has 0 radical (unpaired) electrons. The number of amides is 1. The van der Waals surface area contributed by atoms with E-state index >= 15 is 0 Å². The van der Waals surface area contributed by atoms with E-state index in [2.05, 4.69) is 10.3 Å². The molecule has 1 aliphatic rings. The number of H-pyrrole nitrogens is 1. The average molecular weight is 308 g/mol. The minimum Gasteiger partial charge on any atom is -0.361 e. The van der Waals surface area contributed by atoms with Crippen molar-refractivity contribution in [2.45, 2.75) is 25.2 Å². The Labute approximate surface area is 133 Å². The Kier molecular flexibility index (Phi) is 3.01. The number of carbonyl (C=O) groups is 1. The lowest BCUT2D eigenvalue weighted by Gasteiger charge is -2.15. The minimum atomic E-state index is -0.500. The molecule has 0 saturated heterocycles. The van der Waals surface area contributed by atoms with Gasteiger partial charge < -0.3 is 10.3 Å². The summed E-state index contributed by atoms with van der Waals surface area (Å²) in [6, 6.07) is 12.4. The first-order valence-electron chi connectivity index (χ1n) is 7.74. The Morgan fingerprint density at radius 2 is 2.04 bits per heavy atom. The van der Waals surface area contributed by atoms with Crippen molar-refractivity contribution in [2.24, 2.45) is 0 Å². The molecule has 3 aromatic rings. The third-order valence-electron chi connectivity index (χ3n) is 4.62. The van der Waals surface area contributed by atoms with E-state index in [1.54, 1.807) is 6.07 Å². The summed E-state index contributed by atoms with van der Waals surface area (Å²) in [6.07, 6.45) is 3.47. The molecule has 23 heavy (non-hydrogen) atoms. The molecular formula is C19H17FN2O. The first-order chi connectivity index (χ1) is 11.1. The lowest BCUT2D eigenvalue weighted by molar-refractivity contribution is -0.118. The Morgan fingerprint density at radius 3 is 2.78 bits per heavy atom. The molecule has 0 unspecified atom stereocenters. The lowest BCUT2D eigenvalue weighted by atomic mass is 9.94. The fourth-order valence-corrected chi connectivity index (χ4v) is 3.21. The van der Waals surface area contributed by atoms with E-state index in [1.807, 2.05) is 37.4 Å². The summed E-state index contributed by atoms with van der Waals surface area (Å²) in [7, 11) is 0. The molecule has 0 aliphatic heterocycles. The SMILES string of the molecule is Cc1cccc(NC(=O)C2(c3c[nH]c4cc(F)ccc34)CC2)c1. The number of anilines is 1. The van der Waals surface area contributed by atoms with Crippen LogP contribution in [0.1, 0.15) is 24.0 Å². The molecule has 1 aromatic heterocycles. The van der Waals surface area contributed by atoms with Crippen molar-refractivity contribution in [2.75, 3.05) is 5.32 Å². The summed E-state index contributed by atoms with van der Waals surface area (Å²) in [5, 5.41) is 3.94. The predicted octanol–water partition coefficient (Wildman–Crippen LogP) is 4.29. The van der Waals surface area contributed by atoms with Crippen LogP contribution in [0, 0.1) is 12.7 Å². The van der Waals surface area contributed by atoms with E-state index in [4.69, 9.17) is 0 Å². The van der Waals surface area contributed by atoms with Crippen LogP contribution in [0.15, 0.2) is 48.7 Å². The highest BCUT2D eigenvalue weighted by Gasteiger charge is 2.52. The van der Waals surface area contributed by atoms with E-state index in [0.29, 0.717) is 0 Å². The quantitative estimate of drug-likeness (QED) is 0.745. The third-order valence-corrected chi connectivity index (χ3v) is 4.62. The van der Waals surface area contributed by atoms with Crippen LogP contribution in [0.5, 0.6) is 0 Å². The number of benzene rings is 2. The first kappa shape index (κ1) is 14.0.